The maximum atomic E-state index is 6.04. The number of hydrogen-bond donors (Lipinski definition) is 0. The Labute approximate surface area is 156 Å². The molecule has 132 valence electrons. The van der Waals surface area contributed by atoms with Gasteiger partial charge in [-0.05, 0) is 47.9 Å². The summed E-state index contributed by atoms with van der Waals surface area (Å²) in [5.41, 5.74) is 7.82. The van der Waals surface area contributed by atoms with Crippen molar-refractivity contribution in [2.75, 3.05) is 7.11 Å². The minimum absolute atomic E-state index is 0.583. The SMILES string of the molecule is COc1cncc(-c2ccc3nc(C4=Nc5cc(C)ccc5C4)oc3c2)c1. The minimum Gasteiger partial charge on any atom is -0.495 e. The Kier molecular flexibility index (Phi) is 3.53. The van der Waals surface area contributed by atoms with Crippen LogP contribution in [0.25, 0.3) is 22.2 Å². The number of nitrogens with zero attached hydrogens (tertiary/aromatic N) is 3. The van der Waals surface area contributed by atoms with Gasteiger partial charge in [0.1, 0.15) is 17.0 Å². The van der Waals surface area contributed by atoms with Gasteiger partial charge in [-0.1, -0.05) is 18.2 Å². The number of pyridine rings is 1. The molecule has 0 saturated heterocycles. The van der Waals surface area contributed by atoms with Crippen molar-refractivity contribution in [2.45, 2.75) is 13.3 Å². The van der Waals surface area contributed by atoms with Crippen molar-refractivity contribution >= 4 is 22.5 Å². The maximum Gasteiger partial charge on any atom is 0.242 e. The van der Waals surface area contributed by atoms with Gasteiger partial charge in [-0.15, -0.1) is 0 Å². The van der Waals surface area contributed by atoms with Crippen LogP contribution in [0.5, 0.6) is 5.75 Å². The van der Waals surface area contributed by atoms with Crippen LogP contribution in [0.4, 0.5) is 5.69 Å². The molecule has 2 aromatic heterocycles. The van der Waals surface area contributed by atoms with Crippen molar-refractivity contribution in [3.05, 3.63) is 71.9 Å². The number of methoxy groups -OCH3 is 1. The summed E-state index contributed by atoms with van der Waals surface area (Å²) in [6.07, 6.45) is 4.24. The number of aromatic nitrogens is 2. The summed E-state index contributed by atoms with van der Waals surface area (Å²) in [7, 11) is 1.63. The van der Waals surface area contributed by atoms with E-state index in [0.29, 0.717) is 5.89 Å². The molecule has 0 spiro atoms. The molecule has 0 bridgehead atoms. The van der Waals surface area contributed by atoms with Gasteiger partial charge >= 0.3 is 0 Å². The quantitative estimate of drug-likeness (QED) is 0.525. The fourth-order valence-electron chi connectivity index (χ4n) is 3.33. The number of ether oxygens (including phenoxy) is 1. The van der Waals surface area contributed by atoms with Crippen molar-refractivity contribution in [3.8, 4) is 16.9 Å². The molecule has 0 atom stereocenters. The van der Waals surface area contributed by atoms with E-state index in [4.69, 9.17) is 14.1 Å². The Bertz CT molecular complexity index is 1210. The van der Waals surface area contributed by atoms with Gasteiger partial charge in [0.2, 0.25) is 5.89 Å². The van der Waals surface area contributed by atoms with Crippen molar-refractivity contribution < 1.29 is 9.15 Å². The molecule has 5 nitrogen and oxygen atoms in total. The molecule has 5 rings (SSSR count). The second-order valence-corrected chi connectivity index (χ2v) is 6.68. The first-order valence-electron chi connectivity index (χ1n) is 8.77. The molecule has 4 aromatic rings. The second kappa shape index (κ2) is 6.06. The standard InChI is InChI=1S/C22H17N3O2/c1-13-3-4-15-9-20(24-19(15)7-13)22-25-18-6-5-14(10-21(18)27-22)16-8-17(26-2)12-23-11-16/h3-8,10-12H,9H2,1-2H3. The van der Waals surface area contributed by atoms with Crippen LogP contribution in [0, 0.1) is 6.92 Å². The zero-order valence-electron chi connectivity index (χ0n) is 15.1. The molecule has 0 saturated carbocycles. The number of fused-ring (bicyclic) bond motifs is 2. The lowest BCUT2D eigenvalue weighted by molar-refractivity contribution is 0.413. The van der Waals surface area contributed by atoms with Crippen LogP contribution >= 0.6 is 0 Å². The van der Waals surface area contributed by atoms with Crippen LogP contribution in [0.15, 0.2) is 64.3 Å². The van der Waals surface area contributed by atoms with Crippen molar-refractivity contribution in [2.24, 2.45) is 4.99 Å². The van der Waals surface area contributed by atoms with E-state index in [-0.39, 0.29) is 0 Å². The lowest BCUT2D eigenvalue weighted by Crippen LogP contribution is -2.00. The smallest absolute Gasteiger partial charge is 0.242 e. The molecule has 0 amide bonds. The average molecular weight is 355 g/mol. The van der Waals surface area contributed by atoms with Gasteiger partial charge in [0.15, 0.2) is 5.58 Å². The topological polar surface area (TPSA) is 60.5 Å². The fraction of sp³-hybridized carbons (Fsp3) is 0.136. The third kappa shape index (κ3) is 2.77. The van der Waals surface area contributed by atoms with Crippen molar-refractivity contribution in [3.63, 3.8) is 0 Å². The van der Waals surface area contributed by atoms with E-state index in [1.54, 1.807) is 19.5 Å². The third-order valence-corrected chi connectivity index (χ3v) is 4.77. The normalized spacial score (nSPS) is 12.9. The van der Waals surface area contributed by atoms with Gasteiger partial charge in [0.05, 0.1) is 19.0 Å². The van der Waals surface area contributed by atoms with Crippen molar-refractivity contribution in [1.82, 2.24) is 9.97 Å². The third-order valence-electron chi connectivity index (χ3n) is 4.77. The van der Waals surface area contributed by atoms with E-state index in [2.05, 4.69) is 35.1 Å². The summed E-state index contributed by atoms with van der Waals surface area (Å²) in [6.45, 7) is 2.07. The van der Waals surface area contributed by atoms with Gasteiger partial charge in [0.25, 0.3) is 0 Å². The number of rotatable bonds is 3. The van der Waals surface area contributed by atoms with Gasteiger partial charge in [-0.3, -0.25) is 4.98 Å². The van der Waals surface area contributed by atoms with Crippen LogP contribution < -0.4 is 4.74 Å². The number of aryl methyl sites for hydroxylation is 1. The first kappa shape index (κ1) is 15.8. The highest BCUT2D eigenvalue weighted by Crippen LogP contribution is 2.31. The van der Waals surface area contributed by atoms with E-state index in [9.17, 15) is 0 Å². The predicted molar refractivity (Wildman–Crippen MR) is 105 cm³/mol. The highest BCUT2D eigenvalue weighted by molar-refractivity contribution is 6.04. The molecular weight excluding hydrogens is 338 g/mol. The second-order valence-electron chi connectivity index (χ2n) is 6.68. The van der Waals surface area contributed by atoms with E-state index in [1.165, 1.54) is 11.1 Å². The van der Waals surface area contributed by atoms with Crippen LogP contribution in [-0.4, -0.2) is 22.8 Å². The molecule has 27 heavy (non-hydrogen) atoms. The van der Waals surface area contributed by atoms with E-state index >= 15 is 0 Å². The summed E-state index contributed by atoms with van der Waals surface area (Å²) in [4.78, 5) is 13.6. The van der Waals surface area contributed by atoms with Gasteiger partial charge in [0, 0.05) is 18.2 Å². The number of aliphatic imine (C=N–C) groups is 1. The Balaban J connectivity index is 1.52. The maximum absolute atomic E-state index is 6.04. The average Bonchev–Trinajstić information content (AvgIpc) is 3.30. The predicted octanol–water partition coefficient (Wildman–Crippen LogP) is 4.88. The van der Waals surface area contributed by atoms with E-state index in [1.807, 2.05) is 24.3 Å². The lowest BCUT2D eigenvalue weighted by atomic mass is 10.1. The molecule has 0 N–H and O–H groups in total. The van der Waals surface area contributed by atoms with Gasteiger partial charge < -0.3 is 9.15 Å². The first-order valence-corrected chi connectivity index (χ1v) is 8.77. The Hall–Kier alpha value is -3.47. The van der Waals surface area contributed by atoms with E-state index < -0.39 is 0 Å². The molecule has 1 aliphatic heterocycles. The number of oxazole rings is 1. The minimum atomic E-state index is 0.583. The van der Waals surface area contributed by atoms with Gasteiger partial charge in [-0.2, -0.15) is 0 Å². The molecular formula is C22H17N3O2. The zero-order chi connectivity index (χ0) is 18.4. The molecule has 0 aliphatic carbocycles. The highest BCUT2D eigenvalue weighted by atomic mass is 16.5. The summed E-state index contributed by atoms with van der Waals surface area (Å²) in [5, 5.41) is 0. The highest BCUT2D eigenvalue weighted by Gasteiger charge is 2.20. The van der Waals surface area contributed by atoms with E-state index in [0.717, 1.165) is 45.8 Å². The first-order chi connectivity index (χ1) is 13.2. The Morgan fingerprint density at radius 1 is 1.00 bits per heavy atom. The van der Waals surface area contributed by atoms with Crippen LogP contribution in [0.2, 0.25) is 0 Å². The molecule has 0 radical (unpaired) electrons. The fourth-order valence-corrected chi connectivity index (χ4v) is 3.33. The van der Waals surface area contributed by atoms with Crippen LogP contribution in [0.3, 0.4) is 0 Å². The Morgan fingerprint density at radius 3 is 2.81 bits per heavy atom. The molecule has 5 heteroatoms. The zero-order valence-corrected chi connectivity index (χ0v) is 15.1. The molecule has 0 unspecified atom stereocenters. The summed E-state index contributed by atoms with van der Waals surface area (Å²) in [6, 6.07) is 14.2. The molecule has 2 aromatic carbocycles. The summed E-state index contributed by atoms with van der Waals surface area (Å²) >= 11 is 0. The number of hydrogen-bond acceptors (Lipinski definition) is 5. The molecule has 0 fully saturated rings. The summed E-state index contributed by atoms with van der Waals surface area (Å²) in [5.74, 6) is 1.30. The molecule has 1 aliphatic rings. The van der Waals surface area contributed by atoms with Crippen LogP contribution in [-0.2, 0) is 6.42 Å². The number of benzene rings is 2. The Morgan fingerprint density at radius 2 is 1.93 bits per heavy atom. The largest absolute Gasteiger partial charge is 0.495 e. The van der Waals surface area contributed by atoms with Crippen molar-refractivity contribution in [1.29, 1.82) is 0 Å². The van der Waals surface area contributed by atoms with Gasteiger partial charge in [-0.25, -0.2) is 9.98 Å². The molecule has 3 heterocycles. The summed E-state index contributed by atoms with van der Waals surface area (Å²) < 4.78 is 11.3. The van der Waals surface area contributed by atoms with Crippen LogP contribution in [0.1, 0.15) is 17.0 Å². The lowest BCUT2D eigenvalue weighted by Gasteiger charge is -2.03. The monoisotopic (exact) mass is 355 g/mol.